The molecule has 1 aliphatic heterocycles. The molecule has 1 saturated heterocycles. The number of aromatic amines is 1. The first-order chi connectivity index (χ1) is 9.25. The van der Waals surface area contributed by atoms with Gasteiger partial charge in [-0.25, -0.2) is 16.8 Å². The van der Waals surface area contributed by atoms with Gasteiger partial charge in [0.1, 0.15) is 0 Å². The van der Waals surface area contributed by atoms with Gasteiger partial charge in [-0.1, -0.05) is 0 Å². The maximum atomic E-state index is 12.4. The molecule has 0 bridgehead atoms. The van der Waals surface area contributed by atoms with Gasteiger partial charge < -0.3 is 10.7 Å². The molecule has 1 aromatic rings. The summed E-state index contributed by atoms with van der Waals surface area (Å²) < 4.78 is 50.1. The van der Waals surface area contributed by atoms with Crippen molar-refractivity contribution >= 4 is 20.0 Å². The van der Waals surface area contributed by atoms with Crippen LogP contribution >= 0.6 is 0 Å². The molecule has 0 spiro atoms. The fourth-order valence-electron chi connectivity index (χ4n) is 2.08. The van der Waals surface area contributed by atoms with E-state index in [0.717, 1.165) is 6.26 Å². The second kappa shape index (κ2) is 5.45. The number of nitrogens with two attached hydrogens (primary N) is 1. The summed E-state index contributed by atoms with van der Waals surface area (Å²) in [5.41, 5.74) is 6.08. The molecule has 0 aliphatic carbocycles. The SMILES string of the molecule is CS(=O)(=O)N1CCN(S(=O)(=O)c2c[nH]c(CN)c2)CC1. The quantitative estimate of drug-likeness (QED) is 0.717. The van der Waals surface area contributed by atoms with Crippen molar-refractivity contribution in [3.05, 3.63) is 18.0 Å². The molecule has 3 N–H and O–H groups in total. The predicted molar refractivity (Wildman–Crippen MR) is 73.9 cm³/mol. The van der Waals surface area contributed by atoms with E-state index in [9.17, 15) is 16.8 Å². The van der Waals surface area contributed by atoms with Crippen LogP contribution in [0.1, 0.15) is 5.69 Å². The molecule has 2 rings (SSSR count). The molecule has 0 unspecified atom stereocenters. The third-order valence-corrected chi connectivity index (χ3v) is 6.42. The number of hydrogen-bond acceptors (Lipinski definition) is 5. The van der Waals surface area contributed by atoms with Gasteiger partial charge in [0.2, 0.25) is 20.0 Å². The van der Waals surface area contributed by atoms with E-state index in [1.54, 1.807) is 0 Å². The lowest BCUT2D eigenvalue weighted by molar-refractivity contribution is 0.274. The number of sulfonamides is 2. The van der Waals surface area contributed by atoms with Crippen molar-refractivity contribution in [3.8, 4) is 0 Å². The van der Waals surface area contributed by atoms with Gasteiger partial charge in [-0.2, -0.15) is 8.61 Å². The number of aromatic nitrogens is 1. The lowest BCUT2D eigenvalue weighted by Gasteiger charge is -2.32. The molecule has 0 saturated carbocycles. The van der Waals surface area contributed by atoms with E-state index in [4.69, 9.17) is 5.73 Å². The number of nitrogens with one attached hydrogen (secondary N) is 1. The topological polar surface area (TPSA) is 117 Å². The Morgan fingerprint density at radius 3 is 2.15 bits per heavy atom. The molecule has 114 valence electrons. The van der Waals surface area contributed by atoms with E-state index in [2.05, 4.69) is 4.98 Å². The summed E-state index contributed by atoms with van der Waals surface area (Å²) in [5.74, 6) is 0. The summed E-state index contributed by atoms with van der Waals surface area (Å²) in [5, 5.41) is 0. The van der Waals surface area contributed by atoms with Crippen molar-refractivity contribution in [2.24, 2.45) is 5.73 Å². The van der Waals surface area contributed by atoms with Gasteiger partial charge in [-0.15, -0.1) is 0 Å². The van der Waals surface area contributed by atoms with Crippen LogP contribution in [0, 0.1) is 0 Å². The van der Waals surface area contributed by atoms with E-state index in [-0.39, 0.29) is 37.6 Å². The average Bonchev–Trinajstić information content (AvgIpc) is 2.87. The smallest absolute Gasteiger partial charge is 0.244 e. The third kappa shape index (κ3) is 3.04. The molecule has 20 heavy (non-hydrogen) atoms. The number of rotatable bonds is 4. The van der Waals surface area contributed by atoms with Crippen LogP contribution in [0.15, 0.2) is 17.2 Å². The highest BCUT2D eigenvalue weighted by molar-refractivity contribution is 7.89. The van der Waals surface area contributed by atoms with E-state index >= 15 is 0 Å². The zero-order valence-corrected chi connectivity index (χ0v) is 12.7. The number of nitrogens with zero attached hydrogens (tertiary/aromatic N) is 2. The van der Waals surface area contributed by atoms with Crippen molar-refractivity contribution in [2.45, 2.75) is 11.4 Å². The molecule has 0 aromatic carbocycles. The molecular weight excluding hydrogens is 304 g/mol. The van der Waals surface area contributed by atoms with Gasteiger partial charge in [0.25, 0.3) is 0 Å². The molecule has 0 amide bonds. The Morgan fingerprint density at radius 2 is 1.70 bits per heavy atom. The van der Waals surface area contributed by atoms with Crippen molar-refractivity contribution in [2.75, 3.05) is 32.4 Å². The minimum atomic E-state index is -3.60. The predicted octanol–water partition coefficient (Wildman–Crippen LogP) is -1.26. The first-order valence-electron chi connectivity index (χ1n) is 6.08. The minimum Gasteiger partial charge on any atom is -0.363 e. The maximum absolute atomic E-state index is 12.4. The normalized spacial score (nSPS) is 19.3. The second-order valence-corrected chi connectivity index (χ2v) is 8.55. The Balaban J connectivity index is 2.13. The Bertz CT molecular complexity index is 672. The molecule has 8 nitrogen and oxygen atoms in total. The lowest BCUT2D eigenvalue weighted by atomic mass is 10.4. The van der Waals surface area contributed by atoms with Crippen molar-refractivity contribution in [3.63, 3.8) is 0 Å². The number of H-pyrrole nitrogens is 1. The summed E-state index contributed by atoms with van der Waals surface area (Å²) in [6.07, 6.45) is 2.53. The van der Waals surface area contributed by atoms with Crippen LogP contribution in [0.2, 0.25) is 0 Å². The Kier molecular flexibility index (Phi) is 4.21. The highest BCUT2D eigenvalue weighted by Gasteiger charge is 2.31. The standard InChI is InChI=1S/C10H18N4O4S2/c1-19(15,16)13-2-4-14(5-3-13)20(17,18)10-6-9(7-11)12-8-10/h6,8,12H,2-5,7,11H2,1H3. The van der Waals surface area contributed by atoms with Gasteiger partial charge >= 0.3 is 0 Å². The van der Waals surface area contributed by atoms with Gasteiger partial charge in [0.05, 0.1) is 11.2 Å². The Labute approximate surface area is 118 Å². The minimum absolute atomic E-state index is 0.151. The summed E-state index contributed by atoms with van der Waals surface area (Å²) in [7, 11) is -6.87. The summed E-state index contributed by atoms with van der Waals surface area (Å²) >= 11 is 0. The van der Waals surface area contributed by atoms with Gasteiger partial charge in [-0.05, 0) is 6.07 Å². The highest BCUT2D eigenvalue weighted by Crippen LogP contribution is 2.19. The van der Waals surface area contributed by atoms with Crippen LogP contribution in [0.25, 0.3) is 0 Å². The highest BCUT2D eigenvalue weighted by atomic mass is 32.2. The van der Waals surface area contributed by atoms with Crippen LogP contribution in [0.3, 0.4) is 0 Å². The fourth-order valence-corrected chi connectivity index (χ4v) is 4.34. The maximum Gasteiger partial charge on any atom is 0.244 e. The monoisotopic (exact) mass is 322 g/mol. The molecule has 10 heteroatoms. The molecule has 1 aliphatic rings. The van der Waals surface area contributed by atoms with Crippen molar-refractivity contribution < 1.29 is 16.8 Å². The van der Waals surface area contributed by atoms with Gasteiger partial charge in [0, 0.05) is 44.6 Å². The van der Waals surface area contributed by atoms with Crippen LogP contribution in [-0.2, 0) is 26.6 Å². The fraction of sp³-hybridized carbons (Fsp3) is 0.600. The Morgan fingerprint density at radius 1 is 1.15 bits per heavy atom. The number of piperazine rings is 1. The summed E-state index contributed by atoms with van der Waals surface area (Å²) in [4.78, 5) is 2.95. The molecule has 0 radical (unpaired) electrons. The molecule has 0 atom stereocenters. The molecule has 1 aromatic heterocycles. The zero-order valence-electron chi connectivity index (χ0n) is 11.1. The first-order valence-corrected chi connectivity index (χ1v) is 9.36. The third-order valence-electron chi connectivity index (χ3n) is 3.24. The van der Waals surface area contributed by atoms with Gasteiger partial charge in [0.15, 0.2) is 0 Å². The van der Waals surface area contributed by atoms with Crippen LogP contribution in [0.5, 0.6) is 0 Å². The van der Waals surface area contributed by atoms with E-state index in [0.29, 0.717) is 5.69 Å². The number of hydrogen-bond donors (Lipinski definition) is 2. The lowest BCUT2D eigenvalue weighted by Crippen LogP contribution is -2.50. The second-order valence-electron chi connectivity index (χ2n) is 4.63. The largest absolute Gasteiger partial charge is 0.363 e. The van der Waals surface area contributed by atoms with Crippen LogP contribution in [-0.4, -0.2) is 62.9 Å². The van der Waals surface area contributed by atoms with Crippen molar-refractivity contribution in [1.82, 2.24) is 13.6 Å². The molecule has 1 fully saturated rings. The first kappa shape index (κ1) is 15.4. The zero-order chi connectivity index (χ0) is 15.0. The van der Waals surface area contributed by atoms with E-state index in [1.807, 2.05) is 0 Å². The van der Waals surface area contributed by atoms with Crippen LogP contribution < -0.4 is 5.73 Å². The summed E-state index contributed by atoms with van der Waals surface area (Å²) in [6, 6.07) is 1.50. The van der Waals surface area contributed by atoms with Crippen LogP contribution in [0.4, 0.5) is 0 Å². The van der Waals surface area contributed by atoms with E-state index < -0.39 is 20.0 Å². The molecule has 2 heterocycles. The van der Waals surface area contributed by atoms with E-state index in [1.165, 1.54) is 20.9 Å². The Hall–Kier alpha value is -0.940. The summed E-state index contributed by atoms with van der Waals surface area (Å²) in [6.45, 7) is 0.882. The van der Waals surface area contributed by atoms with Gasteiger partial charge in [-0.3, -0.25) is 0 Å². The van der Waals surface area contributed by atoms with Crippen molar-refractivity contribution in [1.29, 1.82) is 0 Å². The molecular formula is C10H18N4O4S2. The average molecular weight is 322 g/mol.